The highest BCUT2D eigenvalue weighted by atomic mass is 15.0. The summed E-state index contributed by atoms with van der Waals surface area (Å²) in [6.07, 6.45) is 7.59. The molecule has 1 aliphatic carbocycles. The molecule has 0 atom stereocenters. The first-order valence-corrected chi connectivity index (χ1v) is 5.45. The van der Waals surface area contributed by atoms with Crippen molar-refractivity contribution in [2.45, 2.75) is 32.2 Å². The summed E-state index contributed by atoms with van der Waals surface area (Å²) >= 11 is 0. The average molecular weight is 193 g/mol. The molecule has 0 saturated heterocycles. The lowest BCUT2D eigenvalue weighted by molar-refractivity contribution is 0.242. The van der Waals surface area contributed by atoms with E-state index in [9.17, 15) is 0 Å². The SMILES string of the molecule is CC1CC(NCCc2nccn2C)C1. The van der Waals surface area contributed by atoms with Gasteiger partial charge in [0.05, 0.1) is 0 Å². The molecule has 1 aromatic heterocycles. The van der Waals surface area contributed by atoms with E-state index < -0.39 is 0 Å². The van der Waals surface area contributed by atoms with E-state index in [1.54, 1.807) is 0 Å². The first-order valence-electron chi connectivity index (χ1n) is 5.45. The summed E-state index contributed by atoms with van der Waals surface area (Å²) in [6, 6.07) is 0.769. The van der Waals surface area contributed by atoms with Crippen molar-refractivity contribution >= 4 is 0 Å². The second-order valence-corrected chi connectivity index (χ2v) is 4.43. The molecule has 1 heterocycles. The molecule has 1 saturated carbocycles. The topological polar surface area (TPSA) is 29.9 Å². The smallest absolute Gasteiger partial charge is 0.109 e. The Bertz CT molecular complexity index is 286. The van der Waals surface area contributed by atoms with Gasteiger partial charge in [0.2, 0.25) is 0 Å². The first-order chi connectivity index (χ1) is 6.75. The first kappa shape index (κ1) is 9.71. The fourth-order valence-corrected chi connectivity index (χ4v) is 2.09. The van der Waals surface area contributed by atoms with Crippen molar-refractivity contribution in [1.29, 1.82) is 0 Å². The minimum atomic E-state index is 0.769. The van der Waals surface area contributed by atoms with Crippen LogP contribution in [0.1, 0.15) is 25.6 Å². The van der Waals surface area contributed by atoms with Crippen LogP contribution in [-0.4, -0.2) is 22.1 Å². The number of hydrogen-bond acceptors (Lipinski definition) is 2. The second-order valence-electron chi connectivity index (χ2n) is 4.43. The van der Waals surface area contributed by atoms with Gasteiger partial charge in [0.15, 0.2) is 0 Å². The highest BCUT2D eigenvalue weighted by Gasteiger charge is 2.24. The van der Waals surface area contributed by atoms with Gasteiger partial charge in [-0.25, -0.2) is 4.98 Å². The molecule has 0 bridgehead atoms. The van der Waals surface area contributed by atoms with Gasteiger partial charge >= 0.3 is 0 Å². The van der Waals surface area contributed by atoms with Gasteiger partial charge in [0.25, 0.3) is 0 Å². The maximum atomic E-state index is 4.29. The quantitative estimate of drug-likeness (QED) is 0.782. The number of hydrogen-bond donors (Lipinski definition) is 1. The molecule has 14 heavy (non-hydrogen) atoms. The fourth-order valence-electron chi connectivity index (χ4n) is 2.09. The van der Waals surface area contributed by atoms with E-state index in [1.165, 1.54) is 18.7 Å². The van der Waals surface area contributed by atoms with Gasteiger partial charge in [-0.2, -0.15) is 0 Å². The third-order valence-corrected chi connectivity index (χ3v) is 3.08. The molecule has 0 spiro atoms. The third-order valence-electron chi connectivity index (χ3n) is 3.08. The van der Waals surface area contributed by atoms with Gasteiger partial charge in [-0.1, -0.05) is 6.92 Å². The lowest BCUT2D eigenvalue weighted by Crippen LogP contribution is -2.41. The Morgan fingerprint density at radius 1 is 1.57 bits per heavy atom. The monoisotopic (exact) mass is 193 g/mol. The summed E-state index contributed by atoms with van der Waals surface area (Å²) in [5, 5.41) is 3.56. The van der Waals surface area contributed by atoms with E-state index >= 15 is 0 Å². The summed E-state index contributed by atoms with van der Waals surface area (Å²) in [5.74, 6) is 2.10. The molecule has 0 aliphatic heterocycles. The van der Waals surface area contributed by atoms with Crippen LogP contribution in [-0.2, 0) is 13.5 Å². The average Bonchev–Trinajstić information content (AvgIpc) is 2.49. The zero-order chi connectivity index (χ0) is 9.97. The lowest BCUT2D eigenvalue weighted by atomic mass is 9.82. The van der Waals surface area contributed by atoms with Gasteiger partial charge in [0, 0.05) is 38.4 Å². The van der Waals surface area contributed by atoms with Crippen LogP contribution in [0.2, 0.25) is 0 Å². The van der Waals surface area contributed by atoms with Crippen molar-refractivity contribution < 1.29 is 0 Å². The second kappa shape index (κ2) is 4.13. The molecule has 78 valence electrons. The summed E-state index contributed by atoms with van der Waals surface area (Å²) in [5.41, 5.74) is 0. The van der Waals surface area contributed by atoms with E-state index in [4.69, 9.17) is 0 Å². The van der Waals surface area contributed by atoms with Gasteiger partial charge in [0.1, 0.15) is 5.82 Å². The molecule has 1 aliphatic rings. The molecule has 0 radical (unpaired) electrons. The van der Waals surface area contributed by atoms with Crippen LogP contribution in [0.15, 0.2) is 12.4 Å². The molecule has 1 N–H and O–H groups in total. The standard InChI is InChI=1S/C11H19N3/c1-9-7-10(8-9)12-4-3-11-13-5-6-14(11)2/h5-6,9-10,12H,3-4,7-8H2,1-2H3. The van der Waals surface area contributed by atoms with E-state index in [0.717, 1.165) is 24.9 Å². The minimum absolute atomic E-state index is 0.769. The van der Waals surface area contributed by atoms with Crippen LogP contribution in [0.3, 0.4) is 0 Å². The van der Waals surface area contributed by atoms with Gasteiger partial charge in [-0.05, 0) is 18.8 Å². The van der Waals surface area contributed by atoms with Crippen molar-refractivity contribution in [2.24, 2.45) is 13.0 Å². The zero-order valence-corrected chi connectivity index (χ0v) is 9.03. The van der Waals surface area contributed by atoms with E-state index in [1.807, 2.05) is 19.4 Å². The van der Waals surface area contributed by atoms with Gasteiger partial charge < -0.3 is 9.88 Å². The summed E-state index contributed by atoms with van der Waals surface area (Å²) in [7, 11) is 2.05. The fraction of sp³-hybridized carbons (Fsp3) is 0.727. The molecule has 0 amide bonds. The largest absolute Gasteiger partial charge is 0.338 e. The number of nitrogens with one attached hydrogen (secondary N) is 1. The van der Waals surface area contributed by atoms with Gasteiger partial charge in [-0.3, -0.25) is 0 Å². The normalized spacial score (nSPS) is 26.1. The number of rotatable bonds is 4. The minimum Gasteiger partial charge on any atom is -0.338 e. The third kappa shape index (κ3) is 2.15. The molecule has 1 aromatic rings. The Morgan fingerprint density at radius 3 is 2.93 bits per heavy atom. The molecular weight excluding hydrogens is 174 g/mol. The molecule has 3 heteroatoms. The Balaban J connectivity index is 1.66. The Morgan fingerprint density at radius 2 is 2.36 bits per heavy atom. The van der Waals surface area contributed by atoms with Crippen LogP contribution in [0.5, 0.6) is 0 Å². The summed E-state index contributed by atoms with van der Waals surface area (Å²) in [6.45, 7) is 3.37. The Hall–Kier alpha value is -0.830. The van der Waals surface area contributed by atoms with Gasteiger partial charge in [-0.15, -0.1) is 0 Å². The van der Waals surface area contributed by atoms with E-state index in [2.05, 4.69) is 21.8 Å². The van der Waals surface area contributed by atoms with Crippen molar-refractivity contribution in [3.8, 4) is 0 Å². The molecular formula is C11H19N3. The highest BCUT2D eigenvalue weighted by molar-refractivity contribution is 4.92. The van der Waals surface area contributed by atoms with Crippen molar-refractivity contribution in [3.63, 3.8) is 0 Å². The highest BCUT2D eigenvalue weighted by Crippen LogP contribution is 2.25. The number of aromatic nitrogens is 2. The van der Waals surface area contributed by atoms with Crippen molar-refractivity contribution in [2.75, 3.05) is 6.54 Å². The van der Waals surface area contributed by atoms with Crippen LogP contribution in [0.25, 0.3) is 0 Å². The van der Waals surface area contributed by atoms with E-state index in [-0.39, 0.29) is 0 Å². The summed E-state index contributed by atoms with van der Waals surface area (Å²) in [4.78, 5) is 4.29. The molecule has 0 unspecified atom stereocenters. The Labute approximate surface area is 85.5 Å². The number of imidazole rings is 1. The number of aryl methyl sites for hydroxylation is 1. The zero-order valence-electron chi connectivity index (χ0n) is 9.03. The lowest BCUT2D eigenvalue weighted by Gasteiger charge is -2.33. The molecule has 3 nitrogen and oxygen atoms in total. The predicted molar refractivity (Wildman–Crippen MR) is 57.1 cm³/mol. The van der Waals surface area contributed by atoms with Crippen LogP contribution in [0.4, 0.5) is 0 Å². The maximum Gasteiger partial charge on any atom is 0.109 e. The van der Waals surface area contributed by atoms with Crippen molar-refractivity contribution in [1.82, 2.24) is 14.9 Å². The van der Waals surface area contributed by atoms with Crippen LogP contribution < -0.4 is 5.32 Å². The molecule has 2 rings (SSSR count). The number of nitrogens with zero attached hydrogens (tertiary/aromatic N) is 2. The predicted octanol–water partition coefficient (Wildman–Crippen LogP) is 1.35. The molecule has 1 fully saturated rings. The van der Waals surface area contributed by atoms with Crippen LogP contribution in [0, 0.1) is 5.92 Å². The maximum absolute atomic E-state index is 4.29. The van der Waals surface area contributed by atoms with E-state index in [0.29, 0.717) is 0 Å². The Kier molecular flexibility index (Phi) is 2.87. The van der Waals surface area contributed by atoms with Crippen molar-refractivity contribution in [3.05, 3.63) is 18.2 Å². The summed E-state index contributed by atoms with van der Waals surface area (Å²) < 4.78 is 2.09. The van der Waals surface area contributed by atoms with Crippen LogP contribution >= 0.6 is 0 Å². The molecule has 0 aromatic carbocycles.